The van der Waals surface area contributed by atoms with Crippen molar-refractivity contribution < 1.29 is 17.7 Å². The van der Waals surface area contributed by atoms with E-state index in [2.05, 4.69) is 10.0 Å². The highest BCUT2D eigenvalue weighted by atomic mass is 32.2. The Hall–Kier alpha value is -1.74. The molecule has 0 saturated carbocycles. The van der Waals surface area contributed by atoms with Crippen LogP contribution in [-0.2, 0) is 10.0 Å². The van der Waals surface area contributed by atoms with Crippen LogP contribution in [0.15, 0.2) is 18.2 Å². The van der Waals surface area contributed by atoms with E-state index in [4.69, 9.17) is 0 Å². The van der Waals surface area contributed by atoms with Crippen LogP contribution in [-0.4, -0.2) is 32.7 Å². The van der Waals surface area contributed by atoms with Crippen LogP contribution in [0.2, 0.25) is 0 Å². The molecule has 0 heterocycles. The highest BCUT2D eigenvalue weighted by Crippen LogP contribution is 2.19. The molecule has 0 aliphatic carbocycles. The normalized spacial score (nSPS) is 11.2. The summed E-state index contributed by atoms with van der Waals surface area (Å²) in [5.41, 5.74) is -0.234. The van der Waals surface area contributed by atoms with Gasteiger partial charge < -0.3 is 5.32 Å². The molecule has 1 aromatic rings. The lowest BCUT2D eigenvalue weighted by atomic mass is 10.2. The summed E-state index contributed by atoms with van der Waals surface area (Å²) in [5, 5.41) is 13.1. The number of halogens is 1. The molecular formula is C9H12FN3O4S. The van der Waals surface area contributed by atoms with Gasteiger partial charge in [-0.3, -0.25) is 10.1 Å². The molecule has 18 heavy (non-hydrogen) atoms. The first-order valence-electron chi connectivity index (χ1n) is 4.94. The predicted octanol–water partition coefficient (Wildman–Crippen LogP) is 0.695. The Kier molecular flexibility index (Phi) is 4.56. The largest absolute Gasteiger partial charge is 0.384 e. The summed E-state index contributed by atoms with van der Waals surface area (Å²) in [6.07, 6.45) is 0. The van der Waals surface area contributed by atoms with Crippen molar-refractivity contribution in [2.24, 2.45) is 0 Å². The van der Waals surface area contributed by atoms with E-state index in [9.17, 15) is 22.9 Å². The smallest absolute Gasteiger partial charge is 0.274 e. The zero-order valence-corrected chi connectivity index (χ0v) is 10.3. The Morgan fingerprint density at radius 1 is 1.39 bits per heavy atom. The first-order chi connectivity index (χ1) is 8.34. The zero-order valence-electron chi connectivity index (χ0n) is 9.51. The van der Waals surface area contributed by atoms with Crippen LogP contribution in [0, 0.1) is 15.9 Å². The Bertz CT molecular complexity index is 547. The number of nitrogens with zero attached hydrogens (tertiary/aromatic N) is 1. The van der Waals surface area contributed by atoms with E-state index >= 15 is 0 Å². The average molecular weight is 277 g/mol. The minimum Gasteiger partial charge on any atom is -0.384 e. The van der Waals surface area contributed by atoms with Crippen molar-refractivity contribution in [2.75, 3.05) is 24.7 Å². The summed E-state index contributed by atoms with van der Waals surface area (Å²) in [4.78, 5) is 9.77. The second-order valence-electron chi connectivity index (χ2n) is 3.40. The third-order valence-electron chi connectivity index (χ3n) is 2.10. The Labute approximate surface area is 103 Å². The minimum absolute atomic E-state index is 0.0176. The van der Waals surface area contributed by atoms with Gasteiger partial charge in [0, 0.05) is 18.3 Å². The molecule has 0 atom stereocenters. The summed E-state index contributed by atoms with van der Waals surface area (Å²) in [7, 11) is -2.09. The summed E-state index contributed by atoms with van der Waals surface area (Å²) in [6, 6.07) is 2.98. The van der Waals surface area contributed by atoms with Crippen LogP contribution in [0.3, 0.4) is 0 Å². The topological polar surface area (TPSA) is 101 Å². The molecule has 0 aliphatic rings. The molecule has 1 rings (SSSR count). The molecule has 2 N–H and O–H groups in total. The summed E-state index contributed by atoms with van der Waals surface area (Å²) in [6.45, 7) is 0.0176. The van der Waals surface area contributed by atoms with Gasteiger partial charge in [-0.1, -0.05) is 0 Å². The number of sulfonamides is 1. The highest BCUT2D eigenvalue weighted by Gasteiger charge is 2.11. The van der Waals surface area contributed by atoms with Gasteiger partial charge in [0.25, 0.3) is 5.69 Å². The van der Waals surface area contributed by atoms with Crippen molar-refractivity contribution in [3.05, 3.63) is 34.1 Å². The number of nitro benzene ring substituents is 1. The van der Waals surface area contributed by atoms with E-state index in [1.165, 1.54) is 7.05 Å². The minimum atomic E-state index is -3.37. The lowest BCUT2D eigenvalue weighted by Crippen LogP contribution is -2.26. The maximum Gasteiger partial charge on any atom is 0.274 e. The van der Waals surface area contributed by atoms with Gasteiger partial charge in [-0.05, 0) is 13.1 Å². The first-order valence-corrected chi connectivity index (χ1v) is 6.59. The number of nitrogens with one attached hydrogen (secondary N) is 2. The van der Waals surface area contributed by atoms with E-state index in [1.807, 2.05) is 0 Å². The van der Waals surface area contributed by atoms with Crippen molar-refractivity contribution in [3.63, 3.8) is 0 Å². The zero-order chi connectivity index (χ0) is 13.8. The molecule has 0 radical (unpaired) electrons. The molecule has 0 amide bonds. The number of hydrogen-bond acceptors (Lipinski definition) is 5. The maximum absolute atomic E-state index is 13.0. The van der Waals surface area contributed by atoms with Crippen LogP contribution < -0.4 is 10.0 Å². The fourth-order valence-corrected chi connectivity index (χ4v) is 1.79. The number of hydrogen-bond donors (Lipinski definition) is 2. The van der Waals surface area contributed by atoms with Crippen molar-refractivity contribution >= 4 is 21.4 Å². The van der Waals surface area contributed by atoms with Crippen LogP contribution in [0.1, 0.15) is 0 Å². The molecule has 100 valence electrons. The van der Waals surface area contributed by atoms with Gasteiger partial charge in [-0.25, -0.2) is 17.5 Å². The summed E-state index contributed by atoms with van der Waals surface area (Å²) in [5.74, 6) is -0.975. The van der Waals surface area contributed by atoms with Gasteiger partial charge in [-0.2, -0.15) is 0 Å². The Morgan fingerprint density at radius 3 is 2.61 bits per heavy atom. The van der Waals surface area contributed by atoms with Crippen LogP contribution in [0.5, 0.6) is 0 Å². The third-order valence-corrected chi connectivity index (χ3v) is 3.47. The average Bonchev–Trinajstić information content (AvgIpc) is 2.28. The van der Waals surface area contributed by atoms with E-state index in [0.29, 0.717) is 0 Å². The van der Waals surface area contributed by atoms with E-state index < -0.39 is 26.5 Å². The fraction of sp³-hybridized carbons (Fsp3) is 0.333. The van der Waals surface area contributed by atoms with Crippen LogP contribution in [0.4, 0.5) is 15.8 Å². The predicted molar refractivity (Wildman–Crippen MR) is 64.4 cm³/mol. The highest BCUT2D eigenvalue weighted by molar-refractivity contribution is 7.89. The van der Waals surface area contributed by atoms with Crippen LogP contribution >= 0.6 is 0 Å². The van der Waals surface area contributed by atoms with Gasteiger partial charge in [0.1, 0.15) is 5.82 Å². The number of nitro groups is 1. The van der Waals surface area contributed by atoms with Gasteiger partial charge >= 0.3 is 0 Å². The van der Waals surface area contributed by atoms with Gasteiger partial charge in [0.15, 0.2) is 0 Å². The fourth-order valence-electron chi connectivity index (χ4n) is 1.21. The lowest BCUT2D eigenvalue weighted by Gasteiger charge is -2.06. The quantitative estimate of drug-likeness (QED) is 0.588. The molecule has 0 spiro atoms. The number of non-ortho nitro benzene ring substituents is 1. The van der Waals surface area contributed by atoms with E-state index in [1.54, 1.807) is 0 Å². The monoisotopic (exact) mass is 277 g/mol. The molecule has 0 saturated heterocycles. The number of rotatable bonds is 6. The lowest BCUT2D eigenvalue weighted by molar-refractivity contribution is -0.385. The molecule has 0 unspecified atom stereocenters. The van der Waals surface area contributed by atoms with Gasteiger partial charge in [-0.15, -0.1) is 0 Å². The molecule has 0 aliphatic heterocycles. The molecule has 1 aromatic carbocycles. The second kappa shape index (κ2) is 5.74. The third kappa shape index (κ3) is 4.26. The first kappa shape index (κ1) is 14.3. The SMILES string of the molecule is CNS(=O)(=O)CCNc1cc(F)cc([N+](=O)[O-])c1. The van der Waals surface area contributed by atoms with E-state index in [-0.39, 0.29) is 18.0 Å². The standard InChI is InChI=1S/C9H12FN3O4S/c1-11-18(16,17)3-2-12-8-4-7(10)5-9(6-8)13(14)15/h4-6,11-12H,2-3H2,1H3. The Balaban J connectivity index is 2.71. The number of anilines is 1. The molecule has 0 aromatic heterocycles. The molecule has 0 fully saturated rings. The van der Waals surface area contributed by atoms with Crippen molar-refractivity contribution in [2.45, 2.75) is 0 Å². The molecular weight excluding hydrogens is 265 g/mol. The van der Waals surface area contributed by atoms with Crippen LogP contribution in [0.25, 0.3) is 0 Å². The number of benzene rings is 1. The molecule has 9 heteroatoms. The van der Waals surface area contributed by atoms with Gasteiger partial charge in [0.2, 0.25) is 10.0 Å². The molecule has 0 bridgehead atoms. The van der Waals surface area contributed by atoms with Crippen molar-refractivity contribution in [1.29, 1.82) is 0 Å². The van der Waals surface area contributed by atoms with Gasteiger partial charge in [0.05, 0.1) is 16.7 Å². The summed E-state index contributed by atoms with van der Waals surface area (Å²) >= 11 is 0. The maximum atomic E-state index is 13.0. The van der Waals surface area contributed by atoms with Crippen molar-refractivity contribution in [1.82, 2.24) is 4.72 Å². The second-order valence-corrected chi connectivity index (χ2v) is 5.45. The van der Waals surface area contributed by atoms with E-state index in [0.717, 1.165) is 18.2 Å². The molecule has 7 nitrogen and oxygen atoms in total. The Morgan fingerprint density at radius 2 is 2.06 bits per heavy atom. The van der Waals surface area contributed by atoms with Crippen molar-refractivity contribution in [3.8, 4) is 0 Å². The summed E-state index contributed by atoms with van der Waals surface area (Å²) < 4.78 is 37.4.